The van der Waals surface area contributed by atoms with Gasteiger partial charge in [-0.25, -0.2) is 17.2 Å². The molecule has 1 saturated heterocycles. The van der Waals surface area contributed by atoms with Gasteiger partial charge in [0.25, 0.3) is 0 Å². The highest BCUT2D eigenvalue weighted by molar-refractivity contribution is 7.89. The summed E-state index contributed by atoms with van der Waals surface area (Å²) in [5, 5.41) is 0. The minimum atomic E-state index is -3.98. The number of halogens is 2. The SMILES string of the molecule is CCC1(C)CCN(S(=O)(=O)c2cc(N)c(F)cc2F)CC1. The first-order valence-corrected chi connectivity index (χ1v) is 8.38. The molecule has 2 N–H and O–H groups in total. The van der Waals surface area contributed by atoms with Gasteiger partial charge >= 0.3 is 0 Å². The molecule has 1 aliphatic heterocycles. The van der Waals surface area contributed by atoms with E-state index in [9.17, 15) is 17.2 Å². The average molecular weight is 318 g/mol. The van der Waals surface area contributed by atoms with E-state index in [4.69, 9.17) is 5.73 Å². The third-order valence-corrected chi connectivity index (χ3v) is 6.37. The van der Waals surface area contributed by atoms with Gasteiger partial charge in [-0.3, -0.25) is 0 Å². The molecule has 7 heteroatoms. The van der Waals surface area contributed by atoms with Gasteiger partial charge in [-0.2, -0.15) is 4.31 Å². The van der Waals surface area contributed by atoms with Crippen LogP contribution < -0.4 is 5.73 Å². The molecule has 0 radical (unpaired) electrons. The highest BCUT2D eigenvalue weighted by Gasteiger charge is 2.35. The zero-order valence-corrected chi connectivity index (χ0v) is 13.0. The lowest BCUT2D eigenvalue weighted by atomic mass is 9.79. The molecule has 1 aromatic rings. The Hall–Kier alpha value is -1.21. The summed E-state index contributed by atoms with van der Waals surface area (Å²) in [6.45, 7) is 4.87. The molecule has 21 heavy (non-hydrogen) atoms. The number of nitrogen functional groups attached to an aromatic ring is 1. The summed E-state index contributed by atoms with van der Waals surface area (Å²) in [6.07, 6.45) is 2.42. The Balaban J connectivity index is 2.30. The second kappa shape index (κ2) is 5.53. The first-order chi connectivity index (χ1) is 9.69. The average Bonchev–Trinajstić information content (AvgIpc) is 2.43. The highest BCUT2D eigenvalue weighted by atomic mass is 32.2. The van der Waals surface area contributed by atoms with Crippen molar-refractivity contribution in [2.75, 3.05) is 18.8 Å². The lowest BCUT2D eigenvalue weighted by Gasteiger charge is -2.38. The molecule has 1 fully saturated rings. The van der Waals surface area contributed by atoms with Crippen molar-refractivity contribution in [3.63, 3.8) is 0 Å². The van der Waals surface area contributed by atoms with Crippen LogP contribution >= 0.6 is 0 Å². The zero-order chi connectivity index (χ0) is 15.8. The smallest absolute Gasteiger partial charge is 0.246 e. The van der Waals surface area contributed by atoms with Crippen LogP contribution in [0.4, 0.5) is 14.5 Å². The first-order valence-electron chi connectivity index (χ1n) is 6.94. The van der Waals surface area contributed by atoms with Gasteiger partial charge in [0.15, 0.2) is 0 Å². The predicted molar refractivity (Wildman–Crippen MR) is 77.2 cm³/mol. The van der Waals surface area contributed by atoms with Crippen LogP contribution in [0.15, 0.2) is 17.0 Å². The first kappa shape index (κ1) is 16.2. The Kier molecular flexibility index (Phi) is 4.26. The van der Waals surface area contributed by atoms with E-state index < -0.39 is 26.6 Å². The van der Waals surface area contributed by atoms with Crippen LogP contribution in [0.1, 0.15) is 33.1 Å². The van der Waals surface area contributed by atoms with Crippen molar-refractivity contribution in [2.45, 2.75) is 38.0 Å². The molecule has 1 heterocycles. The van der Waals surface area contributed by atoms with Gasteiger partial charge in [-0.1, -0.05) is 20.3 Å². The minimum Gasteiger partial charge on any atom is -0.396 e. The van der Waals surface area contributed by atoms with E-state index in [1.54, 1.807) is 0 Å². The number of anilines is 1. The van der Waals surface area contributed by atoms with Crippen LogP contribution in [-0.4, -0.2) is 25.8 Å². The number of rotatable bonds is 3. The van der Waals surface area contributed by atoms with Gasteiger partial charge in [0.05, 0.1) is 5.69 Å². The molecule has 4 nitrogen and oxygen atoms in total. The molecular formula is C14H20F2N2O2S. The van der Waals surface area contributed by atoms with Gasteiger partial charge in [-0.15, -0.1) is 0 Å². The van der Waals surface area contributed by atoms with E-state index in [0.29, 0.717) is 19.2 Å². The topological polar surface area (TPSA) is 63.4 Å². The predicted octanol–water partition coefficient (Wildman–Crippen LogP) is 2.75. The van der Waals surface area contributed by atoms with Crippen molar-refractivity contribution >= 4 is 15.7 Å². The number of benzene rings is 1. The molecule has 0 atom stereocenters. The van der Waals surface area contributed by atoms with Crippen molar-refractivity contribution in [1.29, 1.82) is 0 Å². The lowest BCUT2D eigenvalue weighted by Crippen LogP contribution is -2.42. The Morgan fingerprint density at radius 1 is 1.24 bits per heavy atom. The normalized spacial score (nSPS) is 19.6. The van der Waals surface area contributed by atoms with E-state index >= 15 is 0 Å². The van der Waals surface area contributed by atoms with E-state index in [2.05, 4.69) is 13.8 Å². The van der Waals surface area contributed by atoms with E-state index in [1.807, 2.05) is 0 Å². The molecule has 0 aliphatic carbocycles. The summed E-state index contributed by atoms with van der Waals surface area (Å²) >= 11 is 0. The molecule has 0 aromatic heterocycles. The summed E-state index contributed by atoms with van der Waals surface area (Å²) in [6, 6.07) is 1.37. The maximum absolute atomic E-state index is 13.8. The summed E-state index contributed by atoms with van der Waals surface area (Å²) in [7, 11) is -3.98. The van der Waals surface area contributed by atoms with Gasteiger partial charge in [0.1, 0.15) is 16.5 Å². The van der Waals surface area contributed by atoms with Crippen molar-refractivity contribution in [3.8, 4) is 0 Å². The molecule has 1 aromatic carbocycles. The fourth-order valence-corrected chi connectivity index (χ4v) is 4.02. The maximum Gasteiger partial charge on any atom is 0.246 e. The third kappa shape index (κ3) is 3.03. The lowest BCUT2D eigenvalue weighted by molar-refractivity contribution is 0.168. The van der Waals surface area contributed by atoms with Crippen LogP contribution in [0.5, 0.6) is 0 Å². The van der Waals surface area contributed by atoms with Gasteiger partial charge in [0, 0.05) is 19.2 Å². The minimum absolute atomic E-state index is 0.117. The van der Waals surface area contributed by atoms with Crippen molar-refractivity contribution < 1.29 is 17.2 Å². The van der Waals surface area contributed by atoms with E-state index in [0.717, 1.165) is 25.3 Å². The van der Waals surface area contributed by atoms with Gasteiger partial charge < -0.3 is 5.73 Å². The molecule has 118 valence electrons. The zero-order valence-electron chi connectivity index (χ0n) is 12.2. The standard InChI is InChI=1S/C14H20F2N2O2S/c1-3-14(2)4-6-18(7-5-14)21(19,20)13-9-12(17)10(15)8-11(13)16/h8-9H,3-7,17H2,1-2H3. The number of nitrogens with zero attached hydrogens (tertiary/aromatic N) is 1. The summed E-state index contributed by atoms with van der Waals surface area (Å²) < 4.78 is 53.2. The molecule has 2 rings (SSSR count). The third-order valence-electron chi connectivity index (χ3n) is 4.45. The van der Waals surface area contributed by atoms with E-state index in [1.165, 1.54) is 4.31 Å². The monoisotopic (exact) mass is 318 g/mol. The number of sulfonamides is 1. The summed E-state index contributed by atoms with van der Waals surface area (Å²) in [5.74, 6) is -2.06. The Morgan fingerprint density at radius 2 is 1.81 bits per heavy atom. The van der Waals surface area contributed by atoms with Gasteiger partial charge in [-0.05, 0) is 24.3 Å². The van der Waals surface area contributed by atoms with Gasteiger partial charge in [0.2, 0.25) is 10.0 Å². The maximum atomic E-state index is 13.8. The number of hydrogen-bond acceptors (Lipinski definition) is 3. The number of nitrogens with two attached hydrogens (primary N) is 1. The molecule has 0 spiro atoms. The van der Waals surface area contributed by atoms with Crippen LogP contribution in [0.25, 0.3) is 0 Å². The number of hydrogen-bond donors (Lipinski definition) is 1. The fourth-order valence-electron chi connectivity index (χ4n) is 2.50. The Morgan fingerprint density at radius 3 is 2.33 bits per heavy atom. The molecule has 0 unspecified atom stereocenters. The Bertz CT molecular complexity index is 639. The van der Waals surface area contributed by atoms with Crippen molar-refractivity contribution in [3.05, 3.63) is 23.8 Å². The second-order valence-corrected chi connectivity index (χ2v) is 7.78. The fraction of sp³-hybridized carbons (Fsp3) is 0.571. The van der Waals surface area contributed by atoms with E-state index in [-0.39, 0.29) is 11.1 Å². The molecule has 0 amide bonds. The Labute approximate surface area is 124 Å². The van der Waals surface area contributed by atoms with Crippen molar-refractivity contribution in [1.82, 2.24) is 4.31 Å². The quantitative estimate of drug-likeness (QED) is 0.872. The highest BCUT2D eigenvalue weighted by Crippen LogP contribution is 2.36. The second-order valence-electron chi connectivity index (χ2n) is 5.87. The largest absolute Gasteiger partial charge is 0.396 e. The van der Waals surface area contributed by atoms with Crippen LogP contribution in [0, 0.1) is 17.0 Å². The van der Waals surface area contributed by atoms with Crippen molar-refractivity contribution in [2.24, 2.45) is 5.41 Å². The summed E-state index contributed by atoms with van der Waals surface area (Å²) in [4.78, 5) is -0.554. The summed E-state index contributed by atoms with van der Waals surface area (Å²) in [5.41, 5.74) is 5.10. The molecule has 0 saturated carbocycles. The molecule has 0 bridgehead atoms. The number of piperidine rings is 1. The van der Waals surface area contributed by atoms with Crippen LogP contribution in [0.3, 0.4) is 0 Å². The van der Waals surface area contributed by atoms with Crippen LogP contribution in [-0.2, 0) is 10.0 Å². The molecule has 1 aliphatic rings. The molecular weight excluding hydrogens is 298 g/mol. The van der Waals surface area contributed by atoms with Crippen LogP contribution in [0.2, 0.25) is 0 Å².